The number of amides is 1. The van der Waals surface area contributed by atoms with Gasteiger partial charge in [0.05, 0.1) is 6.61 Å². The number of rotatable bonds is 7. The number of hydrogen-bond acceptors (Lipinski definition) is 4. The van der Waals surface area contributed by atoms with E-state index in [1.165, 1.54) is 5.56 Å². The lowest BCUT2D eigenvalue weighted by Crippen LogP contribution is -2.49. The van der Waals surface area contributed by atoms with Crippen LogP contribution in [0.1, 0.15) is 24.8 Å². The number of ether oxygens (including phenoxy) is 1. The van der Waals surface area contributed by atoms with Crippen LogP contribution in [0.5, 0.6) is 0 Å². The number of likely N-dealkylation sites (tertiary alicyclic amines) is 1. The van der Waals surface area contributed by atoms with Gasteiger partial charge in [0.1, 0.15) is 6.54 Å². The third kappa shape index (κ3) is 8.39. The van der Waals surface area contributed by atoms with Gasteiger partial charge in [0.15, 0.2) is 5.96 Å². The quantitative estimate of drug-likeness (QED) is 0.321. The summed E-state index contributed by atoms with van der Waals surface area (Å²) in [5.74, 6) is 1.26. The first-order valence-electron chi connectivity index (χ1n) is 10.7. The number of halogens is 1. The van der Waals surface area contributed by atoms with Gasteiger partial charge >= 0.3 is 0 Å². The van der Waals surface area contributed by atoms with Crippen LogP contribution in [0.15, 0.2) is 35.3 Å². The number of likely N-dealkylation sites (N-methyl/N-ethyl adjacent to an activating group) is 1. The van der Waals surface area contributed by atoms with Crippen molar-refractivity contribution in [2.24, 2.45) is 10.9 Å². The van der Waals surface area contributed by atoms with Crippen LogP contribution in [0.3, 0.4) is 0 Å². The molecule has 0 saturated carbocycles. The number of carbonyl (C=O) groups is 1. The molecule has 1 aromatic carbocycles. The molecule has 30 heavy (non-hydrogen) atoms. The summed E-state index contributed by atoms with van der Waals surface area (Å²) >= 11 is 0. The van der Waals surface area contributed by atoms with Gasteiger partial charge in [0.2, 0.25) is 5.91 Å². The van der Waals surface area contributed by atoms with Crippen molar-refractivity contribution < 1.29 is 9.53 Å². The molecule has 2 aliphatic heterocycles. The van der Waals surface area contributed by atoms with E-state index in [-0.39, 0.29) is 36.4 Å². The van der Waals surface area contributed by atoms with Crippen LogP contribution < -0.4 is 10.6 Å². The molecule has 2 saturated heterocycles. The topological polar surface area (TPSA) is 69.2 Å². The van der Waals surface area contributed by atoms with Crippen LogP contribution in [0.2, 0.25) is 0 Å². The largest absolute Gasteiger partial charge is 0.381 e. The lowest BCUT2D eigenvalue weighted by atomic mass is 10.0. The zero-order valence-electron chi connectivity index (χ0n) is 18.2. The van der Waals surface area contributed by atoms with E-state index in [1.807, 2.05) is 0 Å². The summed E-state index contributed by atoms with van der Waals surface area (Å²) in [6.07, 6.45) is 3.22. The van der Waals surface area contributed by atoms with Gasteiger partial charge < -0.3 is 20.3 Å². The van der Waals surface area contributed by atoms with Crippen molar-refractivity contribution in [1.82, 2.24) is 20.4 Å². The fraction of sp³-hybridized carbons (Fsp3) is 0.636. The highest BCUT2D eigenvalue weighted by Crippen LogP contribution is 2.14. The predicted molar refractivity (Wildman–Crippen MR) is 131 cm³/mol. The smallest absolute Gasteiger partial charge is 0.243 e. The molecule has 7 nitrogen and oxygen atoms in total. The van der Waals surface area contributed by atoms with Crippen molar-refractivity contribution in [1.29, 1.82) is 0 Å². The van der Waals surface area contributed by atoms with Gasteiger partial charge in [-0.3, -0.25) is 9.69 Å². The van der Waals surface area contributed by atoms with Crippen molar-refractivity contribution in [2.45, 2.75) is 31.8 Å². The monoisotopic (exact) mass is 529 g/mol. The Kier molecular flexibility index (Phi) is 10.9. The highest BCUT2D eigenvalue weighted by molar-refractivity contribution is 14.0. The summed E-state index contributed by atoms with van der Waals surface area (Å²) in [6, 6.07) is 11.0. The molecule has 1 unspecified atom stereocenters. The van der Waals surface area contributed by atoms with Crippen molar-refractivity contribution in [3.63, 3.8) is 0 Å². The van der Waals surface area contributed by atoms with Crippen molar-refractivity contribution in [3.05, 3.63) is 35.9 Å². The molecule has 8 heteroatoms. The lowest BCUT2D eigenvalue weighted by Gasteiger charge is -2.33. The molecule has 2 heterocycles. The van der Waals surface area contributed by atoms with Crippen molar-refractivity contribution >= 4 is 35.8 Å². The number of piperidine rings is 1. The number of guanidine groups is 1. The van der Waals surface area contributed by atoms with Crippen LogP contribution >= 0.6 is 24.0 Å². The van der Waals surface area contributed by atoms with Crippen LogP contribution in [-0.2, 0) is 16.1 Å². The van der Waals surface area contributed by atoms with E-state index in [1.54, 1.807) is 19.0 Å². The minimum atomic E-state index is 0. The number of hydrogen-bond donors (Lipinski definition) is 2. The molecule has 0 spiro atoms. The van der Waals surface area contributed by atoms with E-state index in [0.717, 1.165) is 64.6 Å². The first kappa shape index (κ1) is 24.9. The van der Waals surface area contributed by atoms with Gasteiger partial charge in [-0.25, -0.2) is 4.99 Å². The number of benzene rings is 1. The minimum absolute atomic E-state index is 0. The number of nitrogens with one attached hydrogen (secondary N) is 2. The summed E-state index contributed by atoms with van der Waals surface area (Å²) in [4.78, 5) is 20.6. The van der Waals surface area contributed by atoms with Gasteiger partial charge in [-0.2, -0.15) is 0 Å². The Labute approximate surface area is 197 Å². The molecule has 2 fully saturated rings. The average Bonchev–Trinajstić information content (AvgIpc) is 3.25. The number of nitrogens with zero attached hydrogens (tertiary/aromatic N) is 3. The Balaban J connectivity index is 0.00000320. The predicted octanol–water partition coefficient (Wildman–Crippen LogP) is 1.93. The van der Waals surface area contributed by atoms with E-state index in [0.29, 0.717) is 12.0 Å². The molecule has 2 aliphatic rings. The molecular weight excluding hydrogens is 493 g/mol. The molecule has 168 valence electrons. The number of carbonyl (C=O) groups excluding carboxylic acids is 1. The van der Waals surface area contributed by atoms with E-state index < -0.39 is 0 Å². The van der Waals surface area contributed by atoms with Crippen LogP contribution in [-0.4, -0.2) is 81.2 Å². The second-order valence-electron chi connectivity index (χ2n) is 8.24. The Hall–Kier alpha value is -1.39. The summed E-state index contributed by atoms with van der Waals surface area (Å²) in [5.41, 5.74) is 1.36. The van der Waals surface area contributed by atoms with E-state index in [9.17, 15) is 4.79 Å². The third-order valence-corrected chi connectivity index (χ3v) is 5.63. The normalized spacial score (nSPS) is 20.5. The SMILES string of the molecule is CN(C)C(=O)CN=C(NCC1CCOC1)NC1CCN(Cc2ccccc2)CC1.I. The maximum Gasteiger partial charge on any atom is 0.243 e. The standard InChI is InChI=1S/C22H35N5O2.HI/c1-26(2)21(28)15-24-22(23-14-19-10-13-29-17-19)25-20-8-11-27(12-9-20)16-18-6-4-3-5-7-18;/h3-7,19-20H,8-17H2,1-2H3,(H2,23,24,25);1H. The Morgan fingerprint density at radius 3 is 2.57 bits per heavy atom. The van der Waals surface area contributed by atoms with E-state index >= 15 is 0 Å². The van der Waals surface area contributed by atoms with Crippen molar-refractivity contribution in [2.75, 3.05) is 53.5 Å². The molecule has 2 N–H and O–H groups in total. The summed E-state index contributed by atoms with van der Waals surface area (Å²) in [6.45, 7) is 5.76. The minimum Gasteiger partial charge on any atom is -0.381 e. The highest BCUT2D eigenvalue weighted by Gasteiger charge is 2.21. The molecule has 0 aliphatic carbocycles. The highest BCUT2D eigenvalue weighted by atomic mass is 127. The van der Waals surface area contributed by atoms with Crippen molar-refractivity contribution in [3.8, 4) is 0 Å². The van der Waals surface area contributed by atoms with E-state index in [2.05, 4.69) is 50.9 Å². The Bertz CT molecular complexity index is 657. The Morgan fingerprint density at radius 2 is 1.93 bits per heavy atom. The fourth-order valence-electron chi connectivity index (χ4n) is 3.70. The molecule has 3 rings (SSSR count). The van der Waals surface area contributed by atoms with Gasteiger partial charge in [0, 0.05) is 58.8 Å². The average molecular weight is 529 g/mol. The summed E-state index contributed by atoms with van der Waals surface area (Å²) < 4.78 is 5.46. The first-order valence-corrected chi connectivity index (χ1v) is 10.7. The maximum absolute atomic E-state index is 12.0. The summed E-state index contributed by atoms with van der Waals surface area (Å²) in [5, 5.41) is 6.99. The second kappa shape index (κ2) is 13.1. The van der Waals surface area contributed by atoms with Gasteiger partial charge in [-0.05, 0) is 24.8 Å². The van der Waals surface area contributed by atoms with Gasteiger partial charge in [0.25, 0.3) is 0 Å². The number of aliphatic imine (C=N–C) groups is 1. The second-order valence-corrected chi connectivity index (χ2v) is 8.24. The van der Waals surface area contributed by atoms with Crippen LogP contribution in [0.25, 0.3) is 0 Å². The first-order chi connectivity index (χ1) is 14.1. The lowest BCUT2D eigenvalue weighted by molar-refractivity contribution is -0.127. The molecule has 0 aromatic heterocycles. The maximum atomic E-state index is 12.0. The third-order valence-electron chi connectivity index (χ3n) is 5.63. The zero-order valence-corrected chi connectivity index (χ0v) is 20.5. The molecule has 1 atom stereocenters. The fourth-order valence-corrected chi connectivity index (χ4v) is 3.70. The van der Waals surface area contributed by atoms with Gasteiger partial charge in [-0.1, -0.05) is 30.3 Å². The molecule has 0 bridgehead atoms. The Morgan fingerprint density at radius 1 is 1.20 bits per heavy atom. The van der Waals surface area contributed by atoms with E-state index in [4.69, 9.17) is 4.74 Å². The molecule has 1 amide bonds. The molecule has 1 aromatic rings. The van der Waals surface area contributed by atoms with Crippen LogP contribution in [0, 0.1) is 5.92 Å². The molecular formula is C22H36IN5O2. The summed E-state index contributed by atoms with van der Waals surface area (Å²) in [7, 11) is 3.52. The van der Waals surface area contributed by atoms with Gasteiger partial charge in [-0.15, -0.1) is 24.0 Å². The zero-order chi connectivity index (χ0) is 20.5. The van der Waals surface area contributed by atoms with Crippen LogP contribution in [0.4, 0.5) is 0 Å². The molecule has 0 radical (unpaired) electrons.